The van der Waals surface area contributed by atoms with Gasteiger partial charge in [-0.15, -0.1) is 0 Å². The number of unbranched alkanes of at least 4 members (excludes halogenated alkanes) is 4. The van der Waals surface area contributed by atoms with Gasteiger partial charge in [0.05, 0.1) is 0 Å². The summed E-state index contributed by atoms with van der Waals surface area (Å²) in [5.41, 5.74) is 1.64. The van der Waals surface area contributed by atoms with E-state index in [0.29, 0.717) is 3.12 Å². The van der Waals surface area contributed by atoms with Gasteiger partial charge in [0.25, 0.3) is 0 Å². The number of hydrogen-bond acceptors (Lipinski definition) is 0. The predicted octanol–water partition coefficient (Wildman–Crippen LogP) is 6.52. The molecule has 103 valence electrons. The molecule has 0 radical (unpaired) electrons. The van der Waals surface area contributed by atoms with Gasteiger partial charge in [-0.2, -0.15) is 0 Å². The summed E-state index contributed by atoms with van der Waals surface area (Å²) in [7, 11) is 0. The first-order chi connectivity index (χ1) is 8.64. The molecule has 1 atom stereocenters. The van der Waals surface area contributed by atoms with Crippen molar-refractivity contribution < 1.29 is 21.8 Å². The minimum absolute atomic E-state index is 0.568. The Morgan fingerprint density at radius 1 is 1.00 bits per heavy atom. The molecule has 0 saturated carbocycles. The molecule has 0 saturated heterocycles. The molecule has 0 nitrogen and oxygen atoms in total. The second-order valence-corrected chi connectivity index (χ2v) is 13.2. The second-order valence-electron chi connectivity index (χ2n) is 6.01. The molecule has 1 heteroatoms. The van der Waals surface area contributed by atoms with Crippen molar-refractivity contribution in [1.29, 1.82) is 0 Å². The molecule has 0 bridgehead atoms. The van der Waals surface area contributed by atoms with Crippen molar-refractivity contribution in [1.82, 2.24) is 0 Å². The Morgan fingerprint density at radius 3 is 2.28 bits per heavy atom. The molecule has 0 aromatic carbocycles. The number of rotatable bonds is 9. The van der Waals surface area contributed by atoms with Crippen LogP contribution in [0.2, 0.25) is 12.4 Å². The summed E-state index contributed by atoms with van der Waals surface area (Å²) < 4.78 is 5.72. The van der Waals surface area contributed by atoms with Gasteiger partial charge in [0.15, 0.2) is 0 Å². The van der Waals surface area contributed by atoms with Crippen LogP contribution in [0.5, 0.6) is 0 Å². The quantitative estimate of drug-likeness (QED) is 0.423. The van der Waals surface area contributed by atoms with Gasteiger partial charge in [-0.1, -0.05) is 0 Å². The summed E-state index contributed by atoms with van der Waals surface area (Å²) in [4.78, 5) is 0. The number of allylic oxidation sites excluding steroid dienone is 4. The average Bonchev–Trinajstić information content (AvgIpc) is 2.75. The Balaban J connectivity index is 2.56. The Kier molecular flexibility index (Phi) is 7.77. The third kappa shape index (κ3) is 4.80. The summed E-state index contributed by atoms with van der Waals surface area (Å²) in [6.07, 6.45) is 18.7. The molecule has 1 aliphatic carbocycles. The standard InChI is InChI=1S/C15H25.2CH3.Zr/c1-3-5-7-9-14-11-12-15(13-14)10-8-6-4-2;;;/h11-13H,3-10H2,1-2H3;2*1H3;. The maximum atomic E-state index is 2.67. The van der Waals surface area contributed by atoms with Gasteiger partial charge >= 0.3 is 123 Å². The van der Waals surface area contributed by atoms with Gasteiger partial charge in [-0.05, 0) is 0 Å². The Labute approximate surface area is 123 Å². The van der Waals surface area contributed by atoms with E-state index in [-0.39, 0.29) is 0 Å². The SMILES string of the molecule is CCCCCC1=C[C](CCCCC)([Zr]([CH3])[CH3])C=C1. The fraction of sp³-hybridized carbons (Fsp3) is 0.765. The van der Waals surface area contributed by atoms with E-state index in [9.17, 15) is 0 Å². The maximum absolute atomic E-state index is 2.67. The van der Waals surface area contributed by atoms with Gasteiger partial charge in [-0.25, -0.2) is 0 Å². The van der Waals surface area contributed by atoms with Gasteiger partial charge in [0, 0.05) is 0 Å². The second kappa shape index (κ2) is 8.52. The molecule has 1 unspecified atom stereocenters. The fourth-order valence-electron chi connectivity index (χ4n) is 2.80. The molecule has 1 rings (SSSR count). The normalized spacial score (nSPS) is 22.3. The molecule has 0 amide bonds. The van der Waals surface area contributed by atoms with Crippen molar-refractivity contribution in [3.05, 3.63) is 23.8 Å². The van der Waals surface area contributed by atoms with Crippen molar-refractivity contribution in [2.75, 3.05) is 0 Å². The van der Waals surface area contributed by atoms with E-state index in [2.05, 4.69) is 41.3 Å². The van der Waals surface area contributed by atoms with E-state index in [4.69, 9.17) is 0 Å². The van der Waals surface area contributed by atoms with Gasteiger partial charge in [0.2, 0.25) is 0 Å². The van der Waals surface area contributed by atoms with Crippen LogP contribution in [0, 0.1) is 0 Å². The van der Waals surface area contributed by atoms with Crippen LogP contribution in [0.25, 0.3) is 0 Å². The van der Waals surface area contributed by atoms with E-state index in [0.717, 1.165) is 0 Å². The van der Waals surface area contributed by atoms with E-state index >= 15 is 0 Å². The van der Waals surface area contributed by atoms with E-state index in [1.807, 2.05) is 0 Å². The first-order valence-corrected chi connectivity index (χ1v) is 14.0. The van der Waals surface area contributed by atoms with Gasteiger partial charge in [-0.3, -0.25) is 0 Å². The average molecular weight is 327 g/mol. The van der Waals surface area contributed by atoms with Crippen LogP contribution >= 0.6 is 0 Å². The Bertz CT molecular complexity index is 288. The third-order valence-electron chi connectivity index (χ3n) is 4.23. The van der Waals surface area contributed by atoms with Crippen LogP contribution in [0.4, 0.5) is 0 Å². The topological polar surface area (TPSA) is 0 Å². The van der Waals surface area contributed by atoms with E-state index in [1.165, 1.54) is 51.4 Å². The zero-order chi connectivity index (χ0) is 13.4. The van der Waals surface area contributed by atoms with Crippen molar-refractivity contribution in [3.8, 4) is 0 Å². The molecule has 18 heavy (non-hydrogen) atoms. The van der Waals surface area contributed by atoms with Crippen LogP contribution < -0.4 is 0 Å². The monoisotopic (exact) mass is 325 g/mol. The van der Waals surface area contributed by atoms with Crippen molar-refractivity contribution in [2.45, 2.75) is 77.6 Å². The molecule has 0 aromatic heterocycles. The van der Waals surface area contributed by atoms with Crippen LogP contribution in [0.3, 0.4) is 0 Å². The first kappa shape index (κ1) is 16.4. The molecule has 1 aliphatic rings. The van der Waals surface area contributed by atoms with Crippen LogP contribution in [-0.2, 0) is 21.8 Å². The van der Waals surface area contributed by atoms with E-state index < -0.39 is 21.8 Å². The minimum atomic E-state index is -1.22. The summed E-state index contributed by atoms with van der Waals surface area (Å²) in [5.74, 6) is 0. The van der Waals surface area contributed by atoms with Crippen LogP contribution in [-0.4, -0.2) is 0 Å². The first-order valence-electron chi connectivity index (χ1n) is 7.86. The summed E-state index contributed by atoms with van der Waals surface area (Å²) in [6, 6.07) is 0. The zero-order valence-electron chi connectivity index (χ0n) is 12.9. The number of hydrogen-bond donors (Lipinski definition) is 0. The zero-order valence-corrected chi connectivity index (χ0v) is 15.3. The Hall–Kier alpha value is 0.363. The van der Waals surface area contributed by atoms with E-state index in [1.54, 1.807) is 5.57 Å². The molecule has 0 aliphatic heterocycles. The molecule has 0 heterocycles. The van der Waals surface area contributed by atoms with Gasteiger partial charge in [0.1, 0.15) is 0 Å². The molecule has 0 fully saturated rings. The van der Waals surface area contributed by atoms with Crippen LogP contribution in [0.15, 0.2) is 23.8 Å². The van der Waals surface area contributed by atoms with Crippen molar-refractivity contribution >= 4 is 0 Å². The summed E-state index contributed by atoms with van der Waals surface area (Å²) in [6.45, 7) is 4.60. The van der Waals surface area contributed by atoms with Crippen LogP contribution in [0.1, 0.15) is 65.2 Å². The molecule has 0 N–H and O–H groups in total. The summed E-state index contributed by atoms with van der Waals surface area (Å²) in [5, 5.41) is 0. The predicted molar refractivity (Wildman–Crippen MR) is 79.9 cm³/mol. The molecule has 0 spiro atoms. The molecular weight excluding hydrogens is 295 g/mol. The Morgan fingerprint density at radius 2 is 1.67 bits per heavy atom. The fourth-order valence-corrected chi connectivity index (χ4v) is 6.65. The third-order valence-corrected chi connectivity index (χ3v) is 10.2. The van der Waals surface area contributed by atoms with Gasteiger partial charge < -0.3 is 0 Å². The molecular formula is C17H31Zr. The van der Waals surface area contributed by atoms with Crippen molar-refractivity contribution in [2.24, 2.45) is 0 Å². The van der Waals surface area contributed by atoms with Crippen molar-refractivity contribution in [3.63, 3.8) is 0 Å². The molecule has 0 aromatic rings. The summed E-state index contributed by atoms with van der Waals surface area (Å²) >= 11 is -1.22.